The molecule has 0 bridgehead atoms. The molecule has 220 valence electrons. The summed E-state index contributed by atoms with van der Waals surface area (Å²) in [5, 5.41) is 15.4. The minimum Gasteiger partial charge on any atom is -0.381 e. The number of para-hydroxylation sites is 2. The van der Waals surface area contributed by atoms with Gasteiger partial charge in [0.2, 0.25) is 5.91 Å². The standard InChI is InChI=1S/C32H27N7O5/c40-26(35-21-10-9-19-14-32(15-20(19)13-21)30(43)37-31(44)38-32)17-39-25-8-4-3-7-23(25)34-16-24(29(39)42)36-28(41)27-22-6-2-1-5-18(22)11-12-33-27/h1-13,24,34H,14-17H2,(H,35,40)(H,36,41)(H2,37,38,43,44)/t24-,32?/m0/s1. The molecule has 1 spiro atoms. The highest BCUT2D eigenvalue weighted by atomic mass is 16.2. The van der Waals surface area contributed by atoms with Gasteiger partial charge in [-0.1, -0.05) is 42.5 Å². The summed E-state index contributed by atoms with van der Waals surface area (Å²) in [6, 6.07) is 20.1. The zero-order valence-corrected chi connectivity index (χ0v) is 23.3. The Hall–Kier alpha value is -5.78. The molecule has 0 saturated carbocycles. The Morgan fingerprint density at radius 1 is 0.955 bits per heavy atom. The van der Waals surface area contributed by atoms with E-state index in [1.807, 2.05) is 36.4 Å². The maximum atomic E-state index is 13.9. The van der Waals surface area contributed by atoms with Gasteiger partial charge in [0.05, 0.1) is 11.4 Å². The summed E-state index contributed by atoms with van der Waals surface area (Å²) in [6.07, 6.45) is 2.22. The van der Waals surface area contributed by atoms with Crippen LogP contribution in [0.1, 0.15) is 21.6 Å². The predicted octanol–water partition coefficient (Wildman–Crippen LogP) is 2.11. The lowest BCUT2D eigenvalue weighted by molar-refractivity contribution is -0.123. The largest absolute Gasteiger partial charge is 0.381 e. The van der Waals surface area contributed by atoms with E-state index in [-0.39, 0.29) is 24.7 Å². The average molecular weight is 590 g/mol. The van der Waals surface area contributed by atoms with Crippen LogP contribution in [0.2, 0.25) is 0 Å². The van der Waals surface area contributed by atoms with Gasteiger partial charge in [0, 0.05) is 36.7 Å². The maximum Gasteiger partial charge on any atom is 0.322 e. The molecule has 6 amide bonds. The normalized spacial score (nSPS) is 20.3. The summed E-state index contributed by atoms with van der Waals surface area (Å²) >= 11 is 0. The Kier molecular flexibility index (Phi) is 6.46. The van der Waals surface area contributed by atoms with E-state index in [1.54, 1.807) is 42.6 Å². The third-order valence-corrected chi connectivity index (χ3v) is 8.24. The number of aromatic nitrogens is 1. The molecule has 1 aliphatic carbocycles. The lowest BCUT2D eigenvalue weighted by atomic mass is 9.96. The van der Waals surface area contributed by atoms with E-state index in [0.717, 1.165) is 16.5 Å². The first-order chi connectivity index (χ1) is 21.3. The molecule has 12 nitrogen and oxygen atoms in total. The number of urea groups is 1. The number of rotatable bonds is 5. The molecular weight excluding hydrogens is 562 g/mol. The highest BCUT2D eigenvalue weighted by molar-refractivity contribution is 6.11. The molecular formula is C32H27N7O5. The summed E-state index contributed by atoms with van der Waals surface area (Å²) in [7, 11) is 0. The van der Waals surface area contributed by atoms with E-state index in [1.165, 1.54) is 4.90 Å². The van der Waals surface area contributed by atoms with E-state index in [0.29, 0.717) is 35.3 Å². The molecule has 12 heteroatoms. The lowest BCUT2D eigenvalue weighted by Gasteiger charge is -2.25. The van der Waals surface area contributed by atoms with E-state index in [9.17, 15) is 24.0 Å². The van der Waals surface area contributed by atoms with Gasteiger partial charge in [0.25, 0.3) is 17.7 Å². The number of anilines is 3. The smallest absolute Gasteiger partial charge is 0.322 e. The van der Waals surface area contributed by atoms with Gasteiger partial charge in [-0.25, -0.2) is 4.79 Å². The van der Waals surface area contributed by atoms with Gasteiger partial charge in [-0.15, -0.1) is 0 Å². The first-order valence-electron chi connectivity index (χ1n) is 14.1. The molecule has 3 heterocycles. The van der Waals surface area contributed by atoms with Crippen molar-refractivity contribution in [1.29, 1.82) is 0 Å². The number of pyridine rings is 1. The fourth-order valence-corrected chi connectivity index (χ4v) is 6.14. The molecule has 3 aromatic carbocycles. The Balaban J connectivity index is 1.09. The van der Waals surface area contributed by atoms with Gasteiger partial charge in [-0.2, -0.15) is 0 Å². The summed E-state index contributed by atoms with van der Waals surface area (Å²) < 4.78 is 0. The lowest BCUT2D eigenvalue weighted by Crippen LogP contribution is -2.52. The number of fused-ring (bicyclic) bond motifs is 3. The van der Waals surface area contributed by atoms with Crippen LogP contribution in [0.25, 0.3) is 10.8 Å². The summed E-state index contributed by atoms with van der Waals surface area (Å²) in [4.78, 5) is 70.4. The van der Waals surface area contributed by atoms with Gasteiger partial charge < -0.3 is 21.3 Å². The molecule has 7 rings (SSSR count). The molecule has 4 aromatic rings. The van der Waals surface area contributed by atoms with Crippen LogP contribution in [-0.4, -0.2) is 59.3 Å². The Morgan fingerprint density at radius 3 is 2.59 bits per heavy atom. The van der Waals surface area contributed by atoms with Crippen LogP contribution >= 0.6 is 0 Å². The second kappa shape index (κ2) is 10.5. The van der Waals surface area contributed by atoms with Crippen molar-refractivity contribution in [2.75, 3.05) is 28.6 Å². The number of carbonyl (C=O) groups excluding carboxylic acids is 5. The number of carbonyl (C=O) groups is 5. The third-order valence-electron chi connectivity index (χ3n) is 8.24. The molecule has 44 heavy (non-hydrogen) atoms. The minimum absolute atomic E-state index is 0.112. The van der Waals surface area contributed by atoms with Crippen molar-refractivity contribution in [2.45, 2.75) is 24.4 Å². The summed E-state index contributed by atoms with van der Waals surface area (Å²) in [6.45, 7) is -0.197. The molecule has 5 N–H and O–H groups in total. The molecule has 3 aliphatic rings. The van der Waals surface area contributed by atoms with E-state index >= 15 is 0 Å². The molecule has 1 fully saturated rings. The number of amides is 6. The highest BCUT2D eigenvalue weighted by Gasteiger charge is 2.50. The van der Waals surface area contributed by atoms with Crippen molar-refractivity contribution in [1.82, 2.24) is 20.9 Å². The van der Waals surface area contributed by atoms with E-state index in [2.05, 4.69) is 31.6 Å². The van der Waals surface area contributed by atoms with Crippen LogP contribution in [0, 0.1) is 0 Å². The van der Waals surface area contributed by atoms with E-state index < -0.39 is 35.3 Å². The summed E-state index contributed by atoms with van der Waals surface area (Å²) in [5.41, 5.74) is 2.58. The SMILES string of the molecule is O=C(CN1C(=O)[C@@H](NC(=O)c2nccc3ccccc23)CNc2ccccc21)Nc1ccc2c(c1)CC1(C2)NC(=O)NC1=O. The van der Waals surface area contributed by atoms with Gasteiger partial charge in [-0.3, -0.25) is 34.4 Å². The van der Waals surface area contributed by atoms with Crippen molar-refractivity contribution >= 4 is 57.5 Å². The fourth-order valence-electron chi connectivity index (χ4n) is 6.14. The van der Waals surface area contributed by atoms with Crippen LogP contribution in [0.15, 0.2) is 79.0 Å². The zero-order valence-electron chi connectivity index (χ0n) is 23.3. The number of imide groups is 1. The van der Waals surface area contributed by atoms with Crippen molar-refractivity contribution in [3.8, 4) is 0 Å². The zero-order chi connectivity index (χ0) is 30.4. The van der Waals surface area contributed by atoms with Crippen molar-refractivity contribution in [3.63, 3.8) is 0 Å². The first kappa shape index (κ1) is 27.1. The van der Waals surface area contributed by atoms with Gasteiger partial charge >= 0.3 is 6.03 Å². The maximum absolute atomic E-state index is 13.9. The van der Waals surface area contributed by atoms with Crippen molar-refractivity contribution in [3.05, 3.63) is 95.8 Å². The monoisotopic (exact) mass is 589 g/mol. The van der Waals surface area contributed by atoms with Gasteiger partial charge in [-0.05, 0) is 46.8 Å². The number of nitrogens with one attached hydrogen (secondary N) is 5. The molecule has 1 unspecified atom stereocenters. The Labute approximate surface area is 251 Å². The number of hydrogen-bond acceptors (Lipinski definition) is 7. The number of hydrogen-bond donors (Lipinski definition) is 5. The van der Waals surface area contributed by atoms with E-state index in [4.69, 9.17) is 0 Å². The van der Waals surface area contributed by atoms with Crippen LogP contribution < -0.4 is 31.5 Å². The van der Waals surface area contributed by atoms with Crippen LogP contribution in [-0.2, 0) is 27.2 Å². The second-order valence-electron chi connectivity index (χ2n) is 11.1. The van der Waals surface area contributed by atoms with Crippen LogP contribution in [0.3, 0.4) is 0 Å². The number of nitrogens with zero attached hydrogens (tertiary/aromatic N) is 2. The van der Waals surface area contributed by atoms with Crippen LogP contribution in [0.5, 0.6) is 0 Å². The second-order valence-corrected chi connectivity index (χ2v) is 11.1. The van der Waals surface area contributed by atoms with Crippen molar-refractivity contribution < 1.29 is 24.0 Å². The molecule has 2 atom stereocenters. The first-order valence-corrected chi connectivity index (χ1v) is 14.1. The highest BCUT2D eigenvalue weighted by Crippen LogP contribution is 2.34. The number of benzene rings is 3. The Bertz CT molecular complexity index is 1890. The Morgan fingerprint density at radius 2 is 1.75 bits per heavy atom. The molecule has 1 aromatic heterocycles. The minimum atomic E-state index is -1.02. The summed E-state index contributed by atoms with van der Waals surface area (Å²) in [5.74, 6) is -1.77. The predicted molar refractivity (Wildman–Crippen MR) is 162 cm³/mol. The van der Waals surface area contributed by atoms with Gasteiger partial charge in [0.15, 0.2) is 0 Å². The van der Waals surface area contributed by atoms with Crippen molar-refractivity contribution in [2.24, 2.45) is 0 Å². The molecule has 2 aliphatic heterocycles. The van der Waals surface area contributed by atoms with Crippen LogP contribution in [0.4, 0.5) is 21.9 Å². The molecule has 0 radical (unpaired) electrons. The van der Waals surface area contributed by atoms with Gasteiger partial charge in [0.1, 0.15) is 23.8 Å². The third kappa shape index (κ3) is 4.75. The molecule has 1 saturated heterocycles. The quantitative estimate of drug-likeness (QED) is 0.223. The topological polar surface area (TPSA) is 162 Å². The average Bonchev–Trinajstić information content (AvgIpc) is 3.48. The fraction of sp³-hybridized carbons (Fsp3) is 0.188.